The molecule has 0 spiro atoms. The molecule has 1 aromatic heterocycles. The molecule has 7 nitrogen and oxygen atoms in total. The van der Waals surface area contributed by atoms with E-state index in [1.165, 1.54) is 6.07 Å². The van der Waals surface area contributed by atoms with Crippen molar-refractivity contribution in [1.29, 1.82) is 0 Å². The molecule has 0 saturated carbocycles. The van der Waals surface area contributed by atoms with Gasteiger partial charge in [-0.1, -0.05) is 0 Å². The Morgan fingerprint density at radius 1 is 1.21 bits per heavy atom. The Labute approximate surface area is 218 Å². The SMILES string of the molecule is CC1(C)C[C@H](Nc2nc(Nc3ccc(O[C@H]4CCNC[C@@H]4F)c(C(F)(F)F)c3)ncc2F)C[C@@H]2CCCN21. The Balaban J connectivity index is 1.32. The molecule has 1 aromatic carbocycles. The smallest absolute Gasteiger partial charge is 0.420 e. The number of anilines is 3. The number of nitrogens with one attached hydrogen (secondary N) is 3. The fourth-order valence-corrected chi connectivity index (χ4v) is 6.00. The van der Waals surface area contributed by atoms with Gasteiger partial charge >= 0.3 is 6.18 Å². The lowest BCUT2D eigenvalue weighted by Gasteiger charge is -2.47. The zero-order chi connectivity index (χ0) is 27.1. The van der Waals surface area contributed by atoms with Gasteiger partial charge in [0.2, 0.25) is 5.95 Å². The van der Waals surface area contributed by atoms with Crippen LogP contribution in [-0.2, 0) is 6.18 Å². The molecule has 0 radical (unpaired) electrons. The van der Waals surface area contributed by atoms with Gasteiger partial charge in [0, 0.05) is 29.9 Å². The molecule has 0 aliphatic carbocycles. The van der Waals surface area contributed by atoms with Crippen molar-refractivity contribution in [3.63, 3.8) is 0 Å². The second-order valence-electron chi connectivity index (χ2n) is 11.0. The van der Waals surface area contributed by atoms with Crippen LogP contribution in [0.1, 0.15) is 51.5 Å². The van der Waals surface area contributed by atoms with Crippen LogP contribution in [-0.4, -0.2) is 64.4 Å². The quantitative estimate of drug-likeness (QED) is 0.431. The lowest BCUT2D eigenvalue weighted by molar-refractivity contribution is -0.139. The van der Waals surface area contributed by atoms with Crippen molar-refractivity contribution in [2.45, 2.75) is 82.0 Å². The van der Waals surface area contributed by atoms with Gasteiger partial charge in [-0.15, -0.1) is 0 Å². The summed E-state index contributed by atoms with van der Waals surface area (Å²) in [6.45, 7) is 5.93. The predicted octanol–water partition coefficient (Wildman–Crippen LogP) is 5.27. The lowest BCUT2D eigenvalue weighted by atomic mass is 9.84. The molecule has 3 aliphatic heterocycles. The van der Waals surface area contributed by atoms with E-state index < -0.39 is 35.6 Å². The summed E-state index contributed by atoms with van der Waals surface area (Å²) in [4.78, 5) is 10.6. The minimum atomic E-state index is -4.73. The van der Waals surface area contributed by atoms with E-state index in [9.17, 15) is 22.0 Å². The molecule has 0 amide bonds. The van der Waals surface area contributed by atoms with Gasteiger partial charge in [-0.3, -0.25) is 4.90 Å². The lowest BCUT2D eigenvalue weighted by Crippen LogP contribution is -2.55. The highest BCUT2D eigenvalue weighted by Crippen LogP contribution is 2.40. The monoisotopic (exact) mass is 540 g/mol. The van der Waals surface area contributed by atoms with Crippen molar-refractivity contribution in [1.82, 2.24) is 20.2 Å². The molecule has 2 aromatic rings. The van der Waals surface area contributed by atoms with E-state index in [-0.39, 0.29) is 42.0 Å². The largest absolute Gasteiger partial charge is 0.487 e. The third-order valence-electron chi connectivity index (χ3n) is 7.71. The number of benzene rings is 1. The average Bonchev–Trinajstić information content (AvgIpc) is 3.32. The van der Waals surface area contributed by atoms with Gasteiger partial charge in [0.05, 0.1) is 11.8 Å². The standard InChI is InChI=1S/C26H33F5N6O/c1-25(2)12-16(10-17-4-3-9-37(17)25)34-23-20(28)14-33-24(36-23)35-15-5-6-21(18(11-15)26(29,30)31)38-22-7-8-32-13-19(22)27/h5-6,11,14,16-17,19,22,32H,3-4,7-10,12-13H2,1-2H3,(H2,33,34,35,36)/t16-,17+,19+,22+/m1/s1. The van der Waals surface area contributed by atoms with Gasteiger partial charge in [0.25, 0.3) is 0 Å². The van der Waals surface area contributed by atoms with Crippen LogP contribution in [0.3, 0.4) is 0 Å². The van der Waals surface area contributed by atoms with Crippen LogP contribution in [0.4, 0.5) is 39.4 Å². The number of ether oxygens (including phenoxy) is 1. The van der Waals surface area contributed by atoms with E-state index in [1.807, 2.05) is 0 Å². The highest BCUT2D eigenvalue weighted by atomic mass is 19.4. The van der Waals surface area contributed by atoms with Gasteiger partial charge in [-0.25, -0.2) is 13.8 Å². The number of alkyl halides is 4. The minimum absolute atomic E-state index is 0.00387. The van der Waals surface area contributed by atoms with Crippen molar-refractivity contribution in [2.24, 2.45) is 0 Å². The van der Waals surface area contributed by atoms with Crippen LogP contribution in [0, 0.1) is 5.82 Å². The van der Waals surface area contributed by atoms with Crippen LogP contribution in [0.15, 0.2) is 24.4 Å². The third-order valence-corrected chi connectivity index (χ3v) is 7.71. The van der Waals surface area contributed by atoms with Gasteiger partial charge < -0.3 is 20.7 Å². The molecular weight excluding hydrogens is 507 g/mol. The number of hydrogen-bond donors (Lipinski definition) is 3. The van der Waals surface area contributed by atoms with Gasteiger partial charge in [0.15, 0.2) is 11.6 Å². The van der Waals surface area contributed by atoms with E-state index in [0.29, 0.717) is 12.6 Å². The first-order valence-electron chi connectivity index (χ1n) is 13.0. The van der Waals surface area contributed by atoms with Crippen LogP contribution in [0.2, 0.25) is 0 Å². The molecule has 4 heterocycles. The summed E-state index contributed by atoms with van der Waals surface area (Å²) in [6, 6.07) is 3.82. The van der Waals surface area contributed by atoms with E-state index in [2.05, 4.69) is 44.7 Å². The number of fused-ring (bicyclic) bond motifs is 1. The van der Waals surface area contributed by atoms with Crippen molar-refractivity contribution in [3.8, 4) is 5.75 Å². The number of halogens is 5. The van der Waals surface area contributed by atoms with Gasteiger partial charge in [-0.05, 0) is 77.2 Å². The van der Waals surface area contributed by atoms with E-state index >= 15 is 0 Å². The first-order valence-corrected chi connectivity index (χ1v) is 13.0. The van der Waals surface area contributed by atoms with E-state index in [1.54, 1.807) is 0 Å². The Morgan fingerprint density at radius 2 is 2.03 bits per heavy atom. The number of nitrogens with zero attached hydrogens (tertiary/aromatic N) is 3. The first kappa shape index (κ1) is 26.9. The van der Waals surface area contributed by atoms with Gasteiger partial charge in [0.1, 0.15) is 18.0 Å². The molecule has 38 heavy (non-hydrogen) atoms. The maximum Gasteiger partial charge on any atom is 0.420 e. The zero-order valence-corrected chi connectivity index (χ0v) is 21.4. The number of rotatable bonds is 6. The topological polar surface area (TPSA) is 74.3 Å². The second kappa shape index (κ2) is 10.4. The molecule has 4 atom stereocenters. The van der Waals surface area contributed by atoms with Crippen LogP contribution >= 0.6 is 0 Å². The maximum atomic E-state index is 14.6. The zero-order valence-electron chi connectivity index (χ0n) is 21.4. The number of aromatic nitrogens is 2. The van der Waals surface area contributed by atoms with E-state index in [4.69, 9.17) is 4.74 Å². The summed E-state index contributed by atoms with van der Waals surface area (Å²) >= 11 is 0. The van der Waals surface area contributed by atoms with Crippen LogP contribution < -0.4 is 20.7 Å². The summed E-state index contributed by atoms with van der Waals surface area (Å²) in [7, 11) is 0. The molecule has 3 N–H and O–H groups in total. The normalized spacial score (nSPS) is 27.6. The van der Waals surface area contributed by atoms with E-state index in [0.717, 1.165) is 50.6 Å². The molecule has 3 fully saturated rings. The Hall–Kier alpha value is -2.73. The Morgan fingerprint density at radius 3 is 2.79 bits per heavy atom. The molecule has 5 rings (SSSR count). The van der Waals surface area contributed by atoms with Crippen molar-refractivity contribution in [2.75, 3.05) is 30.3 Å². The van der Waals surface area contributed by atoms with Crippen molar-refractivity contribution in [3.05, 3.63) is 35.8 Å². The predicted molar refractivity (Wildman–Crippen MR) is 134 cm³/mol. The third kappa shape index (κ3) is 5.80. The fourth-order valence-electron chi connectivity index (χ4n) is 6.00. The van der Waals surface area contributed by atoms with Crippen LogP contribution in [0.5, 0.6) is 5.75 Å². The molecule has 208 valence electrons. The molecular formula is C26H33F5N6O. The first-order chi connectivity index (χ1) is 18.0. The minimum Gasteiger partial charge on any atom is -0.487 e. The number of piperidine rings is 2. The highest BCUT2D eigenvalue weighted by Gasteiger charge is 2.43. The summed E-state index contributed by atoms with van der Waals surface area (Å²) < 4.78 is 75.7. The summed E-state index contributed by atoms with van der Waals surface area (Å²) in [6.07, 6.45) is -1.93. The van der Waals surface area contributed by atoms with Crippen molar-refractivity contribution < 1.29 is 26.7 Å². The Kier molecular flexibility index (Phi) is 7.38. The Bertz CT molecular complexity index is 1150. The molecule has 3 aliphatic rings. The van der Waals surface area contributed by atoms with Gasteiger partial charge in [-0.2, -0.15) is 18.2 Å². The molecule has 3 saturated heterocycles. The molecule has 0 unspecified atom stereocenters. The summed E-state index contributed by atoms with van der Waals surface area (Å²) in [5.74, 6) is -1.12. The highest BCUT2D eigenvalue weighted by molar-refractivity contribution is 5.59. The van der Waals surface area contributed by atoms with Crippen LogP contribution in [0.25, 0.3) is 0 Å². The summed E-state index contributed by atoms with van der Waals surface area (Å²) in [5.41, 5.74) is -1.03. The second-order valence-corrected chi connectivity index (χ2v) is 11.0. The average molecular weight is 541 g/mol. The number of hydrogen-bond acceptors (Lipinski definition) is 7. The molecule has 12 heteroatoms. The van der Waals surface area contributed by atoms with Crippen molar-refractivity contribution >= 4 is 17.5 Å². The maximum absolute atomic E-state index is 14.6. The summed E-state index contributed by atoms with van der Waals surface area (Å²) in [5, 5.41) is 8.79. The fraction of sp³-hybridized carbons (Fsp3) is 0.615. The molecule has 0 bridgehead atoms.